The van der Waals surface area contributed by atoms with Crippen LogP contribution in [0.2, 0.25) is 0 Å². The van der Waals surface area contributed by atoms with Gasteiger partial charge >= 0.3 is 0 Å². The SMILES string of the molecule is CC(C)n1ncnc1CN=[N+]=[N-]. The topological polar surface area (TPSA) is 79.5 Å². The highest BCUT2D eigenvalue weighted by Crippen LogP contribution is 2.05. The van der Waals surface area contributed by atoms with Gasteiger partial charge in [-0.15, -0.1) is 0 Å². The minimum Gasteiger partial charge on any atom is -0.247 e. The Morgan fingerprint density at radius 2 is 2.50 bits per heavy atom. The molecule has 1 heterocycles. The average molecular weight is 166 g/mol. The van der Waals surface area contributed by atoms with Crippen molar-refractivity contribution in [1.29, 1.82) is 0 Å². The van der Waals surface area contributed by atoms with E-state index in [1.54, 1.807) is 4.68 Å². The molecule has 0 aliphatic heterocycles. The van der Waals surface area contributed by atoms with Crippen LogP contribution in [0.25, 0.3) is 10.4 Å². The zero-order valence-corrected chi connectivity index (χ0v) is 7.05. The molecule has 0 radical (unpaired) electrons. The summed E-state index contributed by atoms with van der Waals surface area (Å²) in [6, 6.07) is 0.247. The summed E-state index contributed by atoms with van der Waals surface area (Å²) in [5.41, 5.74) is 8.10. The molecule has 0 saturated heterocycles. The summed E-state index contributed by atoms with van der Waals surface area (Å²) in [6.45, 7) is 4.25. The summed E-state index contributed by atoms with van der Waals surface area (Å²) in [5, 5.41) is 7.41. The molecule has 6 heteroatoms. The molecular weight excluding hydrogens is 156 g/mol. The van der Waals surface area contributed by atoms with Gasteiger partial charge in [0.15, 0.2) is 0 Å². The highest BCUT2D eigenvalue weighted by atomic mass is 15.4. The molecule has 0 N–H and O–H groups in total. The molecule has 0 aliphatic carbocycles. The lowest BCUT2D eigenvalue weighted by Gasteiger charge is -2.06. The van der Waals surface area contributed by atoms with Crippen LogP contribution in [-0.2, 0) is 6.54 Å². The monoisotopic (exact) mass is 166 g/mol. The maximum Gasteiger partial charge on any atom is 0.138 e. The number of nitrogens with zero attached hydrogens (tertiary/aromatic N) is 6. The second kappa shape index (κ2) is 3.73. The first-order valence-electron chi connectivity index (χ1n) is 3.65. The molecule has 0 amide bonds. The fourth-order valence-electron chi connectivity index (χ4n) is 0.913. The largest absolute Gasteiger partial charge is 0.247 e. The summed E-state index contributed by atoms with van der Waals surface area (Å²) in [7, 11) is 0. The minimum atomic E-state index is 0.247. The van der Waals surface area contributed by atoms with E-state index >= 15 is 0 Å². The van der Waals surface area contributed by atoms with Crippen LogP contribution in [0.3, 0.4) is 0 Å². The van der Waals surface area contributed by atoms with Crippen LogP contribution in [0.5, 0.6) is 0 Å². The molecule has 0 unspecified atom stereocenters. The van der Waals surface area contributed by atoms with Crippen molar-refractivity contribution in [3.05, 3.63) is 22.6 Å². The number of azide groups is 1. The Bertz CT molecular complexity index is 295. The van der Waals surface area contributed by atoms with Crippen molar-refractivity contribution >= 4 is 0 Å². The van der Waals surface area contributed by atoms with E-state index in [2.05, 4.69) is 20.1 Å². The third kappa shape index (κ3) is 1.73. The van der Waals surface area contributed by atoms with Crippen molar-refractivity contribution in [2.75, 3.05) is 0 Å². The molecule has 0 aliphatic rings. The zero-order valence-electron chi connectivity index (χ0n) is 7.05. The summed E-state index contributed by atoms with van der Waals surface area (Å²) in [5.74, 6) is 0.697. The van der Waals surface area contributed by atoms with E-state index in [1.807, 2.05) is 13.8 Å². The predicted octanol–water partition coefficient (Wildman–Crippen LogP) is 1.67. The van der Waals surface area contributed by atoms with E-state index in [4.69, 9.17) is 5.53 Å². The average Bonchev–Trinajstić information content (AvgIpc) is 2.48. The van der Waals surface area contributed by atoms with Crippen LogP contribution in [0.4, 0.5) is 0 Å². The van der Waals surface area contributed by atoms with Crippen LogP contribution < -0.4 is 0 Å². The van der Waals surface area contributed by atoms with E-state index in [-0.39, 0.29) is 12.6 Å². The fraction of sp³-hybridized carbons (Fsp3) is 0.667. The fourth-order valence-corrected chi connectivity index (χ4v) is 0.913. The maximum atomic E-state index is 8.10. The van der Waals surface area contributed by atoms with E-state index in [9.17, 15) is 0 Å². The lowest BCUT2D eigenvalue weighted by molar-refractivity contribution is 0.506. The number of hydrogen-bond acceptors (Lipinski definition) is 3. The number of rotatable bonds is 3. The quantitative estimate of drug-likeness (QED) is 0.389. The molecule has 6 nitrogen and oxygen atoms in total. The maximum absolute atomic E-state index is 8.10. The third-order valence-electron chi connectivity index (χ3n) is 1.41. The summed E-state index contributed by atoms with van der Waals surface area (Å²) < 4.78 is 1.73. The molecule has 64 valence electrons. The molecule has 0 saturated carbocycles. The first kappa shape index (κ1) is 8.55. The predicted molar refractivity (Wildman–Crippen MR) is 43.3 cm³/mol. The third-order valence-corrected chi connectivity index (χ3v) is 1.41. The summed E-state index contributed by atoms with van der Waals surface area (Å²) >= 11 is 0. The second-order valence-electron chi connectivity index (χ2n) is 2.60. The lowest BCUT2D eigenvalue weighted by Crippen LogP contribution is -2.07. The van der Waals surface area contributed by atoms with Gasteiger partial charge in [0.05, 0.1) is 6.54 Å². The zero-order chi connectivity index (χ0) is 8.97. The van der Waals surface area contributed by atoms with Crippen LogP contribution in [0, 0.1) is 0 Å². The molecule has 1 aromatic heterocycles. The molecule has 0 spiro atoms. The van der Waals surface area contributed by atoms with Crippen molar-refractivity contribution in [1.82, 2.24) is 14.8 Å². The number of aromatic nitrogens is 3. The molecule has 1 rings (SSSR count). The normalized spacial score (nSPS) is 9.92. The Balaban J connectivity index is 2.83. The van der Waals surface area contributed by atoms with Crippen LogP contribution in [0.1, 0.15) is 25.7 Å². The van der Waals surface area contributed by atoms with Crippen molar-refractivity contribution in [2.24, 2.45) is 5.11 Å². The summed E-state index contributed by atoms with van der Waals surface area (Å²) in [4.78, 5) is 6.62. The Hall–Kier alpha value is -1.55. The van der Waals surface area contributed by atoms with Crippen molar-refractivity contribution in [2.45, 2.75) is 26.4 Å². The van der Waals surface area contributed by atoms with Crippen molar-refractivity contribution < 1.29 is 0 Å². The second-order valence-corrected chi connectivity index (χ2v) is 2.60. The smallest absolute Gasteiger partial charge is 0.138 e. The van der Waals surface area contributed by atoms with E-state index < -0.39 is 0 Å². The van der Waals surface area contributed by atoms with Gasteiger partial charge in [0.25, 0.3) is 0 Å². The Labute approximate surface area is 69.9 Å². The van der Waals surface area contributed by atoms with Crippen LogP contribution in [0.15, 0.2) is 11.4 Å². The van der Waals surface area contributed by atoms with E-state index in [0.29, 0.717) is 5.82 Å². The summed E-state index contributed by atoms with van der Waals surface area (Å²) in [6.07, 6.45) is 1.46. The molecule has 0 bridgehead atoms. The highest BCUT2D eigenvalue weighted by Gasteiger charge is 2.04. The molecule has 12 heavy (non-hydrogen) atoms. The number of hydrogen-bond donors (Lipinski definition) is 0. The van der Waals surface area contributed by atoms with Gasteiger partial charge in [-0.2, -0.15) is 5.10 Å². The van der Waals surface area contributed by atoms with E-state index in [0.717, 1.165) is 0 Å². The first-order chi connectivity index (χ1) is 5.75. The molecule has 1 aromatic rings. The van der Waals surface area contributed by atoms with Gasteiger partial charge in [0.1, 0.15) is 12.2 Å². The van der Waals surface area contributed by atoms with Crippen molar-refractivity contribution in [3.63, 3.8) is 0 Å². The van der Waals surface area contributed by atoms with Gasteiger partial charge in [-0.1, -0.05) is 5.11 Å². The van der Waals surface area contributed by atoms with Gasteiger partial charge in [-0.05, 0) is 19.4 Å². The molecule has 0 atom stereocenters. The van der Waals surface area contributed by atoms with Gasteiger partial charge in [0, 0.05) is 11.0 Å². The van der Waals surface area contributed by atoms with Gasteiger partial charge in [0.2, 0.25) is 0 Å². The molecular formula is C6H10N6. The Kier molecular flexibility index (Phi) is 2.66. The first-order valence-corrected chi connectivity index (χ1v) is 3.65. The van der Waals surface area contributed by atoms with Crippen LogP contribution >= 0.6 is 0 Å². The Morgan fingerprint density at radius 3 is 3.08 bits per heavy atom. The van der Waals surface area contributed by atoms with Gasteiger partial charge in [-0.3, -0.25) is 0 Å². The standard InChI is InChI=1S/C6H10N6/c1-5(2)12-6(3-9-11-7)8-4-10-12/h4-5H,3H2,1-2H3. The minimum absolute atomic E-state index is 0.247. The molecule has 0 fully saturated rings. The molecule has 0 aromatic carbocycles. The Morgan fingerprint density at radius 1 is 1.75 bits per heavy atom. The highest BCUT2D eigenvalue weighted by molar-refractivity contribution is 4.85. The van der Waals surface area contributed by atoms with Crippen LogP contribution in [-0.4, -0.2) is 14.8 Å². The van der Waals surface area contributed by atoms with Crippen molar-refractivity contribution in [3.8, 4) is 0 Å². The lowest BCUT2D eigenvalue weighted by atomic mass is 10.4. The van der Waals surface area contributed by atoms with E-state index in [1.165, 1.54) is 6.33 Å². The van der Waals surface area contributed by atoms with Gasteiger partial charge < -0.3 is 0 Å². The van der Waals surface area contributed by atoms with Gasteiger partial charge in [-0.25, -0.2) is 9.67 Å².